The molecule has 38 heavy (non-hydrogen) atoms. The smallest absolute Gasteiger partial charge is 0.277 e. The van der Waals surface area contributed by atoms with Gasteiger partial charge in [-0.1, -0.05) is 6.07 Å². The van der Waals surface area contributed by atoms with Crippen molar-refractivity contribution >= 4 is 49.9 Å². The number of aromatic nitrogens is 1. The van der Waals surface area contributed by atoms with E-state index < -0.39 is 56.9 Å². The van der Waals surface area contributed by atoms with E-state index >= 15 is 8.78 Å². The first-order chi connectivity index (χ1) is 18.2. The maximum atomic E-state index is 15.5. The predicted octanol–water partition coefficient (Wildman–Crippen LogP) is 3.96. The highest BCUT2D eigenvalue weighted by molar-refractivity contribution is 14.1. The Hall–Kier alpha value is -2.72. The second-order valence-electron chi connectivity index (χ2n) is 8.63. The summed E-state index contributed by atoms with van der Waals surface area (Å²) < 4.78 is 59.6. The Bertz CT molecular complexity index is 1390. The minimum atomic E-state index is -4.72. The number of hydrogen-bond donors (Lipinski definition) is 3. The van der Waals surface area contributed by atoms with Gasteiger partial charge in [0.05, 0.1) is 36.7 Å². The van der Waals surface area contributed by atoms with Gasteiger partial charge in [-0.2, -0.15) is 4.31 Å². The van der Waals surface area contributed by atoms with Crippen molar-refractivity contribution in [1.82, 2.24) is 14.8 Å². The number of aliphatic hydroxyl groups is 1. The Kier molecular flexibility index (Phi) is 9.25. The molecule has 0 radical (unpaired) electrons. The van der Waals surface area contributed by atoms with Crippen LogP contribution in [-0.2, 0) is 21.4 Å². The van der Waals surface area contributed by atoms with Crippen molar-refractivity contribution in [3.8, 4) is 0 Å². The van der Waals surface area contributed by atoms with Gasteiger partial charge in [-0.05, 0) is 83.8 Å². The molecule has 1 heterocycles. The second kappa shape index (κ2) is 12.4. The molecule has 4 rings (SSSR count). The Labute approximate surface area is 232 Å². The van der Waals surface area contributed by atoms with Crippen LogP contribution in [0.3, 0.4) is 0 Å². The van der Waals surface area contributed by atoms with E-state index in [9.17, 15) is 18.3 Å². The van der Waals surface area contributed by atoms with Crippen molar-refractivity contribution in [1.29, 1.82) is 0 Å². The summed E-state index contributed by atoms with van der Waals surface area (Å²) in [7, 11) is -4.72. The molecule has 2 aromatic carbocycles. The lowest BCUT2D eigenvalue weighted by molar-refractivity contribution is 0.0270. The van der Waals surface area contributed by atoms with Crippen molar-refractivity contribution in [2.75, 3.05) is 25.1 Å². The number of nitrogens with one attached hydrogen (secondary N) is 2. The van der Waals surface area contributed by atoms with E-state index in [-0.39, 0.29) is 13.2 Å². The number of aliphatic hydroxyl groups excluding tert-OH is 1. The van der Waals surface area contributed by atoms with Crippen molar-refractivity contribution in [3.63, 3.8) is 0 Å². The summed E-state index contributed by atoms with van der Waals surface area (Å²) >= 11 is 2.08. The summed E-state index contributed by atoms with van der Waals surface area (Å²) in [5.41, 5.74) is 1.86. The van der Waals surface area contributed by atoms with Crippen LogP contribution in [0.4, 0.5) is 20.2 Å². The number of rotatable bonds is 12. The highest BCUT2D eigenvalue weighted by Crippen LogP contribution is 2.33. The van der Waals surface area contributed by atoms with Gasteiger partial charge in [0.2, 0.25) is 10.0 Å². The second-order valence-corrected chi connectivity index (χ2v) is 11.8. The van der Waals surface area contributed by atoms with E-state index in [2.05, 4.69) is 38.4 Å². The third-order valence-electron chi connectivity index (χ3n) is 5.74. The van der Waals surface area contributed by atoms with Gasteiger partial charge in [-0.25, -0.2) is 22.7 Å². The zero-order valence-corrected chi connectivity index (χ0v) is 23.0. The largest absolute Gasteiger partial charge is 0.395 e. The van der Waals surface area contributed by atoms with Gasteiger partial charge >= 0.3 is 0 Å². The highest BCUT2D eigenvalue weighted by atomic mass is 127. The maximum Gasteiger partial charge on any atom is 0.277 e. The zero-order valence-electron chi connectivity index (χ0n) is 20.0. The Morgan fingerprint density at radius 2 is 1.89 bits per heavy atom. The van der Waals surface area contributed by atoms with E-state index in [1.165, 1.54) is 6.20 Å². The average molecular weight is 658 g/mol. The Morgan fingerprint density at radius 1 is 1.16 bits per heavy atom. The molecule has 0 unspecified atom stereocenters. The van der Waals surface area contributed by atoms with E-state index in [1.807, 2.05) is 0 Å². The highest BCUT2D eigenvalue weighted by Gasteiger charge is 2.33. The van der Waals surface area contributed by atoms with Crippen LogP contribution in [-0.4, -0.2) is 48.5 Å². The SMILES string of the molecule is O=C(NOCC1CC1)c1cc(S(=O)(=O)N(CCO)Cc2ccccn2)c(F)c(F)c1Nc1ccc(I)cc1. The maximum absolute atomic E-state index is 15.5. The number of halogens is 3. The zero-order chi connectivity index (χ0) is 27.3. The molecule has 0 bridgehead atoms. The number of sulfonamides is 1. The van der Waals surface area contributed by atoms with Crippen LogP contribution in [0.25, 0.3) is 0 Å². The molecular formula is C25H25F2IN4O5S. The number of hydrogen-bond acceptors (Lipinski definition) is 7. The van der Waals surface area contributed by atoms with Gasteiger partial charge in [0, 0.05) is 22.0 Å². The lowest BCUT2D eigenvalue weighted by Crippen LogP contribution is -2.34. The van der Waals surface area contributed by atoms with Crippen molar-refractivity contribution in [2.24, 2.45) is 5.92 Å². The molecule has 1 aliphatic carbocycles. The molecule has 3 N–H and O–H groups in total. The molecule has 0 aliphatic heterocycles. The molecule has 1 aliphatic rings. The first-order valence-electron chi connectivity index (χ1n) is 11.7. The summed E-state index contributed by atoms with van der Waals surface area (Å²) in [6.45, 7) is -1.05. The molecular weight excluding hydrogens is 633 g/mol. The number of benzene rings is 2. The van der Waals surface area contributed by atoms with Gasteiger partial charge in [0.1, 0.15) is 4.90 Å². The summed E-state index contributed by atoms with van der Waals surface area (Å²) in [6.07, 6.45) is 3.37. The van der Waals surface area contributed by atoms with Gasteiger partial charge < -0.3 is 10.4 Å². The Balaban J connectivity index is 1.75. The molecule has 9 nitrogen and oxygen atoms in total. The van der Waals surface area contributed by atoms with Crippen LogP contribution >= 0.6 is 22.6 Å². The number of pyridine rings is 1. The summed E-state index contributed by atoms with van der Waals surface area (Å²) in [6, 6.07) is 12.2. The van der Waals surface area contributed by atoms with Gasteiger partial charge in [-0.3, -0.25) is 14.6 Å². The first-order valence-corrected chi connectivity index (χ1v) is 14.2. The van der Waals surface area contributed by atoms with E-state index in [0.717, 1.165) is 26.8 Å². The van der Waals surface area contributed by atoms with E-state index in [1.54, 1.807) is 42.5 Å². The topological polar surface area (TPSA) is 121 Å². The normalized spacial score (nSPS) is 13.5. The van der Waals surface area contributed by atoms with Crippen LogP contribution in [0.15, 0.2) is 59.6 Å². The van der Waals surface area contributed by atoms with Crippen molar-refractivity contribution in [3.05, 3.63) is 81.2 Å². The van der Waals surface area contributed by atoms with Crippen LogP contribution in [0.1, 0.15) is 28.9 Å². The van der Waals surface area contributed by atoms with E-state index in [0.29, 0.717) is 17.3 Å². The molecule has 13 heteroatoms. The quantitative estimate of drug-likeness (QED) is 0.199. The number of hydroxylamine groups is 1. The average Bonchev–Trinajstić information content (AvgIpc) is 3.73. The molecule has 1 saturated carbocycles. The molecule has 1 amide bonds. The molecule has 0 saturated heterocycles. The fourth-order valence-electron chi connectivity index (χ4n) is 3.54. The summed E-state index contributed by atoms with van der Waals surface area (Å²) in [5.74, 6) is -3.87. The Morgan fingerprint density at radius 3 is 2.53 bits per heavy atom. The number of carbonyl (C=O) groups excluding carboxylic acids is 1. The number of anilines is 2. The molecule has 3 aromatic rings. The first kappa shape index (κ1) is 28.3. The van der Waals surface area contributed by atoms with Crippen LogP contribution in [0.5, 0.6) is 0 Å². The number of nitrogens with zero attached hydrogens (tertiary/aromatic N) is 2. The van der Waals surface area contributed by atoms with Crippen LogP contribution in [0.2, 0.25) is 0 Å². The fourth-order valence-corrected chi connectivity index (χ4v) is 5.39. The minimum Gasteiger partial charge on any atom is -0.395 e. The lowest BCUT2D eigenvalue weighted by Gasteiger charge is -2.23. The summed E-state index contributed by atoms with van der Waals surface area (Å²) in [4.78, 5) is 21.2. The van der Waals surface area contributed by atoms with Gasteiger partial charge in [-0.15, -0.1) is 0 Å². The third kappa shape index (κ3) is 6.83. The fraction of sp³-hybridized carbons (Fsp3) is 0.280. The standard InChI is InChI=1S/C25H25F2IN4O5S/c26-22-21(38(35,36)32(11-12-33)14-19-3-1-2-10-29-19)13-20(25(34)31-37-15-16-4-5-16)24(23(22)27)30-18-8-6-17(28)7-9-18/h1-3,6-10,13,16,30,33H,4-5,11-12,14-15H2,(H,31,34). The van der Waals surface area contributed by atoms with Crippen LogP contribution in [0, 0.1) is 21.1 Å². The summed E-state index contributed by atoms with van der Waals surface area (Å²) in [5, 5.41) is 12.2. The molecule has 1 fully saturated rings. The number of carbonyl (C=O) groups is 1. The molecule has 202 valence electrons. The monoisotopic (exact) mass is 658 g/mol. The third-order valence-corrected chi connectivity index (χ3v) is 8.31. The molecule has 0 atom stereocenters. The van der Waals surface area contributed by atoms with Crippen LogP contribution < -0.4 is 10.8 Å². The predicted molar refractivity (Wildman–Crippen MR) is 144 cm³/mol. The number of amides is 1. The molecule has 0 spiro atoms. The lowest BCUT2D eigenvalue weighted by atomic mass is 10.1. The van der Waals surface area contributed by atoms with Gasteiger partial charge in [0.25, 0.3) is 5.91 Å². The van der Waals surface area contributed by atoms with Crippen molar-refractivity contribution in [2.45, 2.75) is 24.3 Å². The van der Waals surface area contributed by atoms with Gasteiger partial charge in [0.15, 0.2) is 11.6 Å². The van der Waals surface area contributed by atoms with E-state index in [4.69, 9.17) is 4.84 Å². The molecule has 1 aromatic heterocycles. The van der Waals surface area contributed by atoms with Crippen molar-refractivity contribution < 1.29 is 31.9 Å². The minimum absolute atomic E-state index is 0.245.